The van der Waals surface area contributed by atoms with Crippen LogP contribution in [0.3, 0.4) is 0 Å². The first-order chi connectivity index (χ1) is 17.1. The maximum absolute atomic E-state index is 12.2. The van der Waals surface area contributed by atoms with Crippen LogP contribution in [-0.4, -0.2) is 74.2 Å². The summed E-state index contributed by atoms with van der Waals surface area (Å²) in [6.45, 7) is 1.46. The highest BCUT2D eigenvalue weighted by Crippen LogP contribution is 2.25. The van der Waals surface area contributed by atoms with Crippen molar-refractivity contribution in [2.75, 3.05) is 26.6 Å². The van der Waals surface area contributed by atoms with Crippen LogP contribution >= 0.6 is 0 Å². The lowest BCUT2D eigenvalue weighted by atomic mass is 9.93. The highest BCUT2D eigenvalue weighted by Gasteiger charge is 2.49. The van der Waals surface area contributed by atoms with Crippen LogP contribution < -0.4 is 10.5 Å². The normalized spacial score (nSPS) is 13.2. The molecule has 0 bridgehead atoms. The number of rotatable bonds is 12. The number of aliphatic carboxylic acids is 2. The fourth-order valence-electron chi connectivity index (χ4n) is 3.76. The molecule has 2 atom stereocenters. The number of terminal acetylenes is 1. The average Bonchev–Trinajstić information content (AvgIpc) is 3.25. The second kappa shape index (κ2) is 11.0. The van der Waals surface area contributed by atoms with E-state index < -0.39 is 42.6 Å². The van der Waals surface area contributed by atoms with E-state index >= 15 is 0 Å². The Morgan fingerprint density at radius 1 is 1.25 bits per heavy atom. The molecule has 0 aliphatic carbocycles. The number of hydrogen-bond acceptors (Lipinski definition) is 9. The minimum atomic E-state index is -2.58. The molecule has 2 unspecified atom stereocenters. The number of ether oxygens (including phenoxy) is 3. The van der Waals surface area contributed by atoms with Crippen molar-refractivity contribution in [3.63, 3.8) is 0 Å². The van der Waals surface area contributed by atoms with Crippen molar-refractivity contribution >= 4 is 28.9 Å². The standard InChI is InChI=1S/C24H27N5O7/c1-5-16(11-29-13-26-19-20(25)27-14(2)28-21(19)29)18(35-4)12-36-24(22(30)31,23(32)33)10-15-7-6-8-17(9-15)34-3/h1,6-9,13,16,18H,10-12H2,2-4H3,(H,30,31)(H,32,33)(H2,25,27,28). The number of methoxy groups -OCH3 is 2. The molecular formula is C24H27N5O7. The summed E-state index contributed by atoms with van der Waals surface area (Å²) in [6.07, 6.45) is 5.97. The van der Waals surface area contributed by atoms with Crippen molar-refractivity contribution in [3.8, 4) is 18.1 Å². The molecule has 12 heteroatoms. The Morgan fingerprint density at radius 3 is 2.58 bits per heavy atom. The maximum atomic E-state index is 12.2. The van der Waals surface area contributed by atoms with Crippen LogP contribution in [0.15, 0.2) is 30.6 Å². The number of hydrogen-bond donors (Lipinski definition) is 3. The summed E-state index contributed by atoms with van der Waals surface area (Å²) in [7, 11) is 2.82. The molecule has 3 rings (SSSR count). The Morgan fingerprint density at radius 2 is 1.97 bits per heavy atom. The molecule has 2 heterocycles. The monoisotopic (exact) mass is 497 g/mol. The zero-order valence-electron chi connectivity index (χ0n) is 20.0. The Balaban J connectivity index is 1.84. The molecule has 1 aromatic carbocycles. The van der Waals surface area contributed by atoms with Gasteiger partial charge in [-0.05, 0) is 24.6 Å². The van der Waals surface area contributed by atoms with Crippen molar-refractivity contribution in [1.82, 2.24) is 19.5 Å². The Labute approximate surface area is 207 Å². The van der Waals surface area contributed by atoms with Crippen molar-refractivity contribution in [2.45, 2.75) is 31.6 Å². The van der Waals surface area contributed by atoms with Gasteiger partial charge in [-0.15, -0.1) is 6.42 Å². The summed E-state index contributed by atoms with van der Waals surface area (Å²) in [4.78, 5) is 37.0. The number of anilines is 1. The van der Waals surface area contributed by atoms with Crippen molar-refractivity contribution in [1.29, 1.82) is 0 Å². The van der Waals surface area contributed by atoms with Gasteiger partial charge in [0.05, 0.1) is 32.1 Å². The first-order valence-electron chi connectivity index (χ1n) is 10.8. The molecule has 12 nitrogen and oxygen atoms in total. The van der Waals surface area contributed by atoms with Gasteiger partial charge in [-0.2, -0.15) is 0 Å². The van der Waals surface area contributed by atoms with Crippen molar-refractivity contribution in [2.24, 2.45) is 5.92 Å². The molecule has 36 heavy (non-hydrogen) atoms. The van der Waals surface area contributed by atoms with Gasteiger partial charge < -0.3 is 34.7 Å². The van der Waals surface area contributed by atoms with E-state index in [-0.39, 0.29) is 12.4 Å². The molecule has 0 amide bonds. The average molecular weight is 498 g/mol. The topological polar surface area (TPSA) is 172 Å². The Hall–Kier alpha value is -4.21. The zero-order valence-corrected chi connectivity index (χ0v) is 20.0. The number of nitrogen functional groups attached to an aromatic ring is 1. The molecule has 0 spiro atoms. The van der Waals surface area contributed by atoms with E-state index in [0.717, 1.165) is 0 Å². The highest BCUT2D eigenvalue weighted by molar-refractivity contribution is 6.02. The number of carboxylic acids is 2. The van der Waals surface area contributed by atoms with E-state index in [9.17, 15) is 19.8 Å². The van der Waals surface area contributed by atoms with E-state index in [1.165, 1.54) is 20.5 Å². The SMILES string of the molecule is C#CC(Cn1cnc2c(N)nc(C)nc21)C(COC(Cc1cccc(OC)c1)(C(=O)O)C(=O)O)OC. The number of aromatic nitrogens is 4. The zero-order chi connectivity index (χ0) is 26.5. The minimum absolute atomic E-state index is 0.174. The number of nitrogens with two attached hydrogens (primary N) is 1. The number of aryl methyl sites for hydroxylation is 1. The van der Waals surface area contributed by atoms with Gasteiger partial charge in [0.2, 0.25) is 0 Å². The van der Waals surface area contributed by atoms with Gasteiger partial charge in [0.15, 0.2) is 11.5 Å². The van der Waals surface area contributed by atoms with Gasteiger partial charge in [0.25, 0.3) is 5.60 Å². The molecule has 0 aliphatic rings. The molecular weight excluding hydrogens is 470 g/mol. The number of fused-ring (bicyclic) bond motifs is 1. The van der Waals surface area contributed by atoms with Crippen molar-refractivity contribution in [3.05, 3.63) is 42.0 Å². The molecule has 4 N–H and O–H groups in total. The van der Waals surface area contributed by atoms with E-state index in [2.05, 4.69) is 20.9 Å². The molecule has 0 fully saturated rings. The quantitative estimate of drug-likeness (QED) is 0.242. The summed E-state index contributed by atoms with van der Waals surface area (Å²) in [5, 5.41) is 19.8. The second-order valence-electron chi connectivity index (χ2n) is 8.05. The lowest BCUT2D eigenvalue weighted by molar-refractivity contribution is -0.188. The number of carbonyl (C=O) groups is 2. The molecule has 3 aromatic rings. The summed E-state index contributed by atoms with van der Waals surface area (Å²) < 4.78 is 17.9. The molecule has 190 valence electrons. The molecule has 2 aromatic heterocycles. The minimum Gasteiger partial charge on any atom is -0.497 e. The third kappa shape index (κ3) is 5.37. The molecule has 0 saturated heterocycles. The third-order valence-corrected chi connectivity index (χ3v) is 5.73. The first kappa shape index (κ1) is 26.4. The molecule has 0 radical (unpaired) electrons. The van der Waals surface area contributed by atoms with Gasteiger partial charge in [0, 0.05) is 20.1 Å². The number of imidazole rings is 1. The van der Waals surface area contributed by atoms with Crippen molar-refractivity contribution < 1.29 is 34.0 Å². The van der Waals surface area contributed by atoms with Crippen LogP contribution in [0.2, 0.25) is 0 Å². The fraction of sp³-hybridized carbons (Fsp3) is 0.375. The predicted molar refractivity (Wildman–Crippen MR) is 128 cm³/mol. The van der Waals surface area contributed by atoms with Gasteiger partial charge >= 0.3 is 11.9 Å². The van der Waals surface area contributed by atoms with E-state index in [0.29, 0.717) is 28.3 Å². The predicted octanol–water partition coefficient (Wildman–Crippen LogP) is 1.16. The van der Waals surface area contributed by atoms with E-state index in [1.807, 2.05) is 0 Å². The van der Waals surface area contributed by atoms with Gasteiger partial charge in [-0.1, -0.05) is 18.1 Å². The van der Waals surface area contributed by atoms with Gasteiger partial charge in [-0.25, -0.2) is 24.5 Å². The van der Waals surface area contributed by atoms with Gasteiger partial charge in [0.1, 0.15) is 17.1 Å². The Bertz CT molecular complexity index is 1290. The summed E-state index contributed by atoms with van der Waals surface area (Å²) in [6, 6.07) is 6.42. The van der Waals surface area contributed by atoms with Crippen LogP contribution in [0.25, 0.3) is 11.2 Å². The smallest absolute Gasteiger partial charge is 0.348 e. The van der Waals surface area contributed by atoms with Crippen LogP contribution in [0, 0.1) is 25.2 Å². The third-order valence-electron chi connectivity index (χ3n) is 5.73. The molecule has 0 saturated carbocycles. The summed E-state index contributed by atoms with van der Waals surface area (Å²) in [5.41, 5.74) is 4.63. The van der Waals surface area contributed by atoms with Gasteiger partial charge in [-0.3, -0.25) is 0 Å². The van der Waals surface area contributed by atoms with Crippen LogP contribution in [0.1, 0.15) is 11.4 Å². The van der Waals surface area contributed by atoms with Crippen LogP contribution in [0.5, 0.6) is 5.75 Å². The second-order valence-corrected chi connectivity index (χ2v) is 8.05. The lowest BCUT2D eigenvalue weighted by Crippen LogP contribution is -2.52. The fourth-order valence-corrected chi connectivity index (χ4v) is 3.76. The largest absolute Gasteiger partial charge is 0.497 e. The van der Waals surface area contributed by atoms with E-state index in [1.54, 1.807) is 35.8 Å². The lowest BCUT2D eigenvalue weighted by Gasteiger charge is -2.29. The number of benzene rings is 1. The summed E-state index contributed by atoms with van der Waals surface area (Å²) in [5.74, 6) is -0.233. The maximum Gasteiger partial charge on any atom is 0.348 e. The number of carboxylic acid groups (broad SMARTS) is 2. The first-order valence-corrected chi connectivity index (χ1v) is 10.8. The highest BCUT2D eigenvalue weighted by atomic mass is 16.6. The van der Waals surface area contributed by atoms with Crippen LogP contribution in [0.4, 0.5) is 5.82 Å². The molecule has 0 aliphatic heterocycles. The van der Waals surface area contributed by atoms with E-state index in [4.69, 9.17) is 26.4 Å². The Kier molecular flexibility index (Phi) is 8.08. The summed E-state index contributed by atoms with van der Waals surface area (Å²) >= 11 is 0. The number of nitrogens with zero attached hydrogens (tertiary/aromatic N) is 4. The van der Waals surface area contributed by atoms with Crippen LogP contribution in [-0.2, 0) is 32.0 Å².